The molecule has 3 aliphatic rings. The second kappa shape index (κ2) is 7.41. The monoisotopic (exact) mass is 428 g/mol. The minimum Gasteiger partial charge on any atom is -0.454 e. The van der Waals surface area contributed by atoms with Crippen LogP contribution in [0.1, 0.15) is 35.9 Å². The molecule has 0 radical (unpaired) electrons. The fraction of sp³-hybridized carbons (Fsp3) is 0.192. The van der Waals surface area contributed by atoms with E-state index < -0.39 is 0 Å². The first-order valence-corrected chi connectivity index (χ1v) is 10.7. The van der Waals surface area contributed by atoms with Crippen LogP contribution >= 0.6 is 0 Å². The number of fused-ring (bicyclic) bond motifs is 2. The Morgan fingerprint density at radius 1 is 0.844 bits per heavy atom. The van der Waals surface area contributed by atoms with Gasteiger partial charge >= 0.3 is 0 Å². The summed E-state index contributed by atoms with van der Waals surface area (Å²) < 4.78 is 24.5. The second-order valence-electron chi connectivity index (χ2n) is 8.33. The molecule has 2 heterocycles. The van der Waals surface area contributed by atoms with Gasteiger partial charge in [0.25, 0.3) is 0 Å². The van der Waals surface area contributed by atoms with E-state index in [-0.39, 0.29) is 30.4 Å². The van der Waals surface area contributed by atoms with Crippen molar-refractivity contribution in [2.75, 3.05) is 17.4 Å². The molecule has 6 heteroatoms. The molecular formula is C26H21FN2O3. The summed E-state index contributed by atoms with van der Waals surface area (Å²) in [5.74, 6) is 1.20. The van der Waals surface area contributed by atoms with E-state index in [4.69, 9.17) is 9.47 Å². The fourth-order valence-corrected chi connectivity index (χ4v) is 4.81. The molecule has 5 nitrogen and oxygen atoms in total. The maximum Gasteiger partial charge on any atom is 0.231 e. The Morgan fingerprint density at radius 3 is 2.44 bits per heavy atom. The van der Waals surface area contributed by atoms with Gasteiger partial charge in [-0.3, -0.25) is 4.79 Å². The van der Waals surface area contributed by atoms with Crippen molar-refractivity contribution in [2.24, 2.45) is 0 Å². The topological polar surface area (TPSA) is 59.6 Å². The summed E-state index contributed by atoms with van der Waals surface area (Å²) in [6, 6.07) is 19.9. The number of rotatable bonds is 2. The van der Waals surface area contributed by atoms with Crippen molar-refractivity contribution in [1.29, 1.82) is 0 Å². The molecule has 0 spiro atoms. The highest BCUT2D eigenvalue weighted by atomic mass is 19.1. The van der Waals surface area contributed by atoms with Gasteiger partial charge in [0.15, 0.2) is 17.3 Å². The van der Waals surface area contributed by atoms with Gasteiger partial charge in [0.05, 0.1) is 17.4 Å². The summed E-state index contributed by atoms with van der Waals surface area (Å²) in [6.07, 6.45) is 1.05. The van der Waals surface area contributed by atoms with Crippen LogP contribution in [0.5, 0.6) is 11.5 Å². The number of carbonyl (C=O) groups excluding carboxylic acids is 1. The SMILES string of the molecule is O=C1C[C@H](c2ccc(F)cc2)CC2=C1[C@H](c1ccc3c(c1)OCO3)Nc1ccccc1N2. The molecule has 0 aromatic heterocycles. The summed E-state index contributed by atoms with van der Waals surface area (Å²) in [7, 11) is 0. The van der Waals surface area contributed by atoms with E-state index in [1.165, 1.54) is 12.1 Å². The number of halogens is 1. The van der Waals surface area contributed by atoms with E-state index in [0.717, 1.165) is 33.8 Å². The number of para-hydroxylation sites is 2. The first-order chi connectivity index (χ1) is 15.7. The van der Waals surface area contributed by atoms with Crippen molar-refractivity contribution in [1.82, 2.24) is 0 Å². The average Bonchev–Trinajstić information content (AvgIpc) is 3.20. The maximum atomic E-state index is 13.5. The predicted molar refractivity (Wildman–Crippen MR) is 119 cm³/mol. The molecular weight excluding hydrogens is 407 g/mol. The lowest BCUT2D eigenvalue weighted by molar-refractivity contribution is -0.116. The Labute approximate surface area is 184 Å². The third-order valence-electron chi connectivity index (χ3n) is 6.38. The summed E-state index contributed by atoms with van der Waals surface area (Å²) in [5.41, 5.74) is 5.40. The molecule has 0 amide bonds. The van der Waals surface area contributed by atoms with Crippen molar-refractivity contribution in [3.8, 4) is 11.5 Å². The van der Waals surface area contributed by atoms with Gasteiger partial charge in [-0.2, -0.15) is 0 Å². The molecule has 32 heavy (non-hydrogen) atoms. The highest BCUT2D eigenvalue weighted by Gasteiger charge is 2.36. The lowest BCUT2D eigenvalue weighted by Crippen LogP contribution is -2.26. The number of nitrogens with one attached hydrogen (secondary N) is 2. The zero-order valence-electron chi connectivity index (χ0n) is 17.2. The minimum atomic E-state index is -0.322. The number of carbonyl (C=O) groups is 1. The summed E-state index contributed by atoms with van der Waals surface area (Å²) in [5, 5.41) is 7.09. The standard InChI is InChI=1S/C26H21FN2O3/c27-18-8-5-15(6-9-18)17-11-21-25(22(30)12-17)26(29-20-4-2-1-3-19(20)28-21)16-7-10-23-24(13-16)32-14-31-23/h1-10,13,17,26,28-29H,11-12,14H2/t17-,26+/m1/s1. The molecule has 3 aromatic rings. The largest absolute Gasteiger partial charge is 0.454 e. The van der Waals surface area contributed by atoms with Gasteiger partial charge in [-0.1, -0.05) is 30.3 Å². The number of ether oxygens (including phenoxy) is 2. The van der Waals surface area contributed by atoms with Gasteiger partial charge in [-0.05, 0) is 59.9 Å². The van der Waals surface area contributed by atoms with Gasteiger partial charge in [0, 0.05) is 17.7 Å². The molecule has 0 saturated heterocycles. The zero-order chi connectivity index (χ0) is 21.7. The molecule has 160 valence electrons. The number of anilines is 2. The summed E-state index contributed by atoms with van der Waals surface area (Å²) in [4.78, 5) is 13.5. The van der Waals surface area contributed by atoms with Crippen molar-refractivity contribution >= 4 is 17.2 Å². The maximum absolute atomic E-state index is 13.5. The van der Waals surface area contributed by atoms with Crippen LogP contribution in [0.25, 0.3) is 0 Å². The van der Waals surface area contributed by atoms with Crippen molar-refractivity contribution in [3.63, 3.8) is 0 Å². The van der Waals surface area contributed by atoms with Crippen LogP contribution in [-0.2, 0) is 4.79 Å². The number of Topliss-reactive ketones (excluding diaryl/α,β-unsaturated/α-hetero) is 1. The smallest absolute Gasteiger partial charge is 0.231 e. The molecule has 6 rings (SSSR count). The quantitative estimate of drug-likeness (QED) is 0.562. The van der Waals surface area contributed by atoms with Crippen LogP contribution < -0.4 is 20.1 Å². The molecule has 2 aliphatic heterocycles. The molecule has 0 fully saturated rings. The van der Waals surface area contributed by atoms with Crippen LogP contribution in [-0.4, -0.2) is 12.6 Å². The van der Waals surface area contributed by atoms with Crippen LogP contribution in [0.4, 0.5) is 15.8 Å². The Bertz CT molecular complexity index is 1250. The Kier molecular flexibility index (Phi) is 4.38. The normalized spacial score (nSPS) is 21.2. The van der Waals surface area contributed by atoms with Crippen molar-refractivity contribution in [3.05, 3.63) is 94.9 Å². The van der Waals surface area contributed by atoms with E-state index >= 15 is 0 Å². The van der Waals surface area contributed by atoms with Gasteiger partial charge in [-0.25, -0.2) is 4.39 Å². The lowest BCUT2D eigenvalue weighted by atomic mass is 9.78. The number of hydrogen-bond acceptors (Lipinski definition) is 5. The third kappa shape index (κ3) is 3.19. The summed E-state index contributed by atoms with van der Waals surface area (Å²) in [6.45, 7) is 0.202. The molecule has 3 aromatic carbocycles. The van der Waals surface area contributed by atoms with Crippen molar-refractivity contribution in [2.45, 2.75) is 24.8 Å². The van der Waals surface area contributed by atoms with Gasteiger partial charge in [0.1, 0.15) is 5.82 Å². The third-order valence-corrected chi connectivity index (χ3v) is 6.38. The second-order valence-corrected chi connectivity index (χ2v) is 8.33. The van der Waals surface area contributed by atoms with Gasteiger partial charge in [-0.15, -0.1) is 0 Å². The molecule has 1 aliphatic carbocycles. The number of benzene rings is 3. The van der Waals surface area contributed by atoms with Gasteiger partial charge < -0.3 is 20.1 Å². The van der Waals surface area contributed by atoms with Crippen LogP contribution in [0.3, 0.4) is 0 Å². The molecule has 2 N–H and O–H groups in total. The molecule has 0 unspecified atom stereocenters. The van der Waals surface area contributed by atoms with Gasteiger partial charge in [0.2, 0.25) is 6.79 Å². The Morgan fingerprint density at radius 2 is 1.59 bits per heavy atom. The zero-order valence-corrected chi connectivity index (χ0v) is 17.2. The van der Waals surface area contributed by atoms with E-state index in [2.05, 4.69) is 10.6 Å². The highest BCUT2D eigenvalue weighted by Crippen LogP contribution is 2.45. The average molecular weight is 428 g/mol. The van der Waals surface area contributed by atoms with E-state index in [1.807, 2.05) is 42.5 Å². The number of hydrogen-bond donors (Lipinski definition) is 2. The van der Waals surface area contributed by atoms with E-state index in [0.29, 0.717) is 24.3 Å². The van der Waals surface area contributed by atoms with Crippen LogP contribution in [0.15, 0.2) is 78.0 Å². The van der Waals surface area contributed by atoms with Crippen LogP contribution in [0.2, 0.25) is 0 Å². The fourth-order valence-electron chi connectivity index (χ4n) is 4.81. The van der Waals surface area contributed by atoms with E-state index in [1.54, 1.807) is 12.1 Å². The predicted octanol–water partition coefficient (Wildman–Crippen LogP) is 5.53. The van der Waals surface area contributed by atoms with Crippen molar-refractivity contribution < 1.29 is 18.7 Å². The number of allylic oxidation sites excluding steroid dienone is 1. The Hall–Kier alpha value is -3.80. The molecule has 2 atom stereocenters. The highest BCUT2D eigenvalue weighted by molar-refractivity contribution is 6.01. The first kappa shape index (κ1) is 18.9. The molecule has 0 saturated carbocycles. The molecule has 0 bridgehead atoms. The lowest BCUT2D eigenvalue weighted by Gasteiger charge is -2.30. The number of ketones is 1. The minimum absolute atomic E-state index is 0.00276. The van der Waals surface area contributed by atoms with E-state index in [9.17, 15) is 9.18 Å². The first-order valence-electron chi connectivity index (χ1n) is 10.7. The van der Waals surface area contributed by atoms with Crippen LogP contribution in [0, 0.1) is 5.82 Å². The Balaban J connectivity index is 1.45. The summed E-state index contributed by atoms with van der Waals surface area (Å²) >= 11 is 0.